The van der Waals surface area contributed by atoms with Crippen molar-refractivity contribution in [3.8, 4) is 0 Å². The van der Waals surface area contributed by atoms with Gasteiger partial charge in [-0.2, -0.15) is 0 Å². The highest BCUT2D eigenvalue weighted by Crippen LogP contribution is 1.85. The Hall–Kier alpha value is 0.270. The van der Waals surface area contributed by atoms with Gasteiger partial charge in [0.2, 0.25) is 0 Å². The summed E-state index contributed by atoms with van der Waals surface area (Å²) in [5, 5.41) is 0. The fourth-order valence-corrected chi connectivity index (χ4v) is 1.07. The molecule has 2 nitrogen and oxygen atoms in total. The summed E-state index contributed by atoms with van der Waals surface area (Å²) in [5.41, 5.74) is 0. The van der Waals surface area contributed by atoms with E-state index in [0.717, 1.165) is 13.1 Å². The van der Waals surface area contributed by atoms with Gasteiger partial charge in [0, 0.05) is 25.2 Å². The molecule has 0 aromatic rings. The van der Waals surface area contributed by atoms with Crippen LogP contribution in [-0.2, 0) is 0 Å². The first-order chi connectivity index (χ1) is 4.41. The van der Waals surface area contributed by atoms with Crippen molar-refractivity contribution in [3.63, 3.8) is 0 Å². The summed E-state index contributed by atoms with van der Waals surface area (Å²) in [4.78, 5) is 0. The Balaban J connectivity index is 2.60. The molecule has 0 amide bonds. The van der Waals surface area contributed by atoms with E-state index in [4.69, 9.17) is 0 Å². The summed E-state index contributed by atoms with van der Waals surface area (Å²) in [6.45, 7) is 6.49. The van der Waals surface area contributed by atoms with Crippen molar-refractivity contribution < 1.29 is 0 Å². The van der Waals surface area contributed by atoms with E-state index in [1.807, 2.05) is 0 Å². The van der Waals surface area contributed by atoms with Crippen molar-refractivity contribution in [3.05, 3.63) is 0 Å². The fraction of sp³-hybridized carbons (Fsp3) is 1.00. The maximum Gasteiger partial charge on any atom is 0.00678 e. The van der Waals surface area contributed by atoms with Crippen LogP contribution in [0.3, 0.4) is 0 Å². The average molecular weight is 148 g/mol. The number of hydrogen-bond acceptors (Lipinski definition) is 3. The van der Waals surface area contributed by atoms with Crippen molar-refractivity contribution in [1.82, 2.24) is 9.44 Å². The Morgan fingerprint density at radius 2 is 1.44 bits per heavy atom. The summed E-state index contributed by atoms with van der Waals surface area (Å²) in [7, 11) is 0. The summed E-state index contributed by atoms with van der Waals surface area (Å²) < 4.78 is 6.35. The SMILES string of the molecule is CCCNSNCCC. The highest BCUT2D eigenvalue weighted by molar-refractivity contribution is 7.95. The molecule has 0 aromatic carbocycles. The molecular weight excluding hydrogens is 132 g/mol. The molecule has 0 fully saturated rings. The van der Waals surface area contributed by atoms with Gasteiger partial charge in [-0.05, 0) is 12.8 Å². The average Bonchev–Trinajstić information content (AvgIpc) is 1.89. The molecule has 0 aromatic heterocycles. The van der Waals surface area contributed by atoms with E-state index in [1.54, 1.807) is 12.1 Å². The third-order valence-corrected chi connectivity index (χ3v) is 1.55. The summed E-state index contributed by atoms with van der Waals surface area (Å²) in [6, 6.07) is 0. The molecular formula is C6H16N2S. The lowest BCUT2D eigenvalue weighted by Gasteiger charge is -2.00. The normalized spacial score (nSPS) is 10.0. The van der Waals surface area contributed by atoms with Crippen LogP contribution in [0.1, 0.15) is 26.7 Å². The topological polar surface area (TPSA) is 24.1 Å². The zero-order chi connectivity index (χ0) is 6.95. The molecule has 0 atom stereocenters. The molecule has 0 unspecified atom stereocenters. The number of nitrogens with one attached hydrogen (secondary N) is 2. The third kappa shape index (κ3) is 8.27. The van der Waals surface area contributed by atoms with Crippen molar-refractivity contribution in [2.24, 2.45) is 0 Å². The minimum absolute atomic E-state index is 1.08. The smallest absolute Gasteiger partial charge is 0.00678 e. The molecule has 2 N–H and O–H groups in total. The van der Waals surface area contributed by atoms with Crippen LogP contribution in [0.5, 0.6) is 0 Å². The molecule has 56 valence electrons. The molecule has 0 heterocycles. The van der Waals surface area contributed by atoms with Crippen molar-refractivity contribution in [2.75, 3.05) is 13.1 Å². The van der Waals surface area contributed by atoms with E-state index in [0.29, 0.717) is 0 Å². The molecule has 0 aliphatic heterocycles. The van der Waals surface area contributed by atoms with E-state index in [-0.39, 0.29) is 0 Å². The summed E-state index contributed by atoms with van der Waals surface area (Å²) in [6.07, 6.45) is 2.39. The zero-order valence-electron chi connectivity index (χ0n) is 6.24. The van der Waals surface area contributed by atoms with Crippen LogP contribution in [0.15, 0.2) is 0 Å². The van der Waals surface area contributed by atoms with Crippen LogP contribution in [0.4, 0.5) is 0 Å². The standard InChI is InChI=1S/C6H16N2S/c1-3-5-7-9-8-6-4-2/h7-8H,3-6H2,1-2H3. The first kappa shape index (κ1) is 9.27. The molecule has 0 rings (SSSR count). The van der Waals surface area contributed by atoms with Crippen LogP contribution in [0, 0.1) is 0 Å². The second-order valence-electron chi connectivity index (χ2n) is 1.89. The van der Waals surface area contributed by atoms with Crippen LogP contribution in [-0.4, -0.2) is 13.1 Å². The largest absolute Gasteiger partial charge is 0.251 e. The van der Waals surface area contributed by atoms with Crippen molar-refractivity contribution in [1.29, 1.82) is 0 Å². The van der Waals surface area contributed by atoms with E-state index in [2.05, 4.69) is 23.3 Å². The minimum Gasteiger partial charge on any atom is -0.251 e. The minimum atomic E-state index is 1.08. The van der Waals surface area contributed by atoms with Gasteiger partial charge in [-0.15, -0.1) is 0 Å². The van der Waals surface area contributed by atoms with E-state index < -0.39 is 0 Å². The first-order valence-corrected chi connectivity index (χ1v) is 4.35. The van der Waals surface area contributed by atoms with Gasteiger partial charge in [-0.25, -0.2) is 0 Å². The summed E-state index contributed by atoms with van der Waals surface area (Å²) >= 11 is 1.60. The van der Waals surface area contributed by atoms with Crippen molar-refractivity contribution >= 4 is 12.1 Å². The third-order valence-electron chi connectivity index (χ3n) is 0.848. The molecule has 3 heteroatoms. The molecule has 0 radical (unpaired) electrons. The molecule has 0 bridgehead atoms. The van der Waals surface area contributed by atoms with Gasteiger partial charge in [0.25, 0.3) is 0 Å². The zero-order valence-corrected chi connectivity index (χ0v) is 7.05. The van der Waals surface area contributed by atoms with Crippen LogP contribution in [0.2, 0.25) is 0 Å². The molecule has 0 saturated carbocycles. The van der Waals surface area contributed by atoms with Gasteiger partial charge in [-0.3, -0.25) is 9.44 Å². The van der Waals surface area contributed by atoms with E-state index in [1.165, 1.54) is 12.8 Å². The second kappa shape index (κ2) is 8.27. The Morgan fingerprint density at radius 1 is 1.00 bits per heavy atom. The van der Waals surface area contributed by atoms with Gasteiger partial charge in [-0.1, -0.05) is 13.8 Å². The number of rotatable bonds is 6. The fourth-order valence-electron chi connectivity index (χ4n) is 0.357. The van der Waals surface area contributed by atoms with Crippen LogP contribution in [0.25, 0.3) is 0 Å². The predicted octanol–water partition coefficient (Wildman–Crippen LogP) is 1.55. The Labute approximate surface area is 62.1 Å². The lowest BCUT2D eigenvalue weighted by atomic mass is 10.5. The Morgan fingerprint density at radius 3 is 1.78 bits per heavy atom. The predicted molar refractivity (Wildman–Crippen MR) is 44.2 cm³/mol. The highest BCUT2D eigenvalue weighted by atomic mass is 32.2. The maximum absolute atomic E-state index is 3.18. The Kier molecular flexibility index (Phi) is 8.52. The second-order valence-corrected chi connectivity index (χ2v) is 2.67. The van der Waals surface area contributed by atoms with Gasteiger partial charge in [0.05, 0.1) is 0 Å². The lowest BCUT2D eigenvalue weighted by Crippen LogP contribution is -2.14. The van der Waals surface area contributed by atoms with Crippen molar-refractivity contribution in [2.45, 2.75) is 26.7 Å². The van der Waals surface area contributed by atoms with Crippen LogP contribution >= 0.6 is 12.1 Å². The monoisotopic (exact) mass is 148 g/mol. The molecule has 0 saturated heterocycles. The van der Waals surface area contributed by atoms with Gasteiger partial charge in [0.15, 0.2) is 0 Å². The van der Waals surface area contributed by atoms with E-state index >= 15 is 0 Å². The maximum atomic E-state index is 3.18. The molecule has 9 heavy (non-hydrogen) atoms. The quantitative estimate of drug-likeness (QED) is 0.441. The van der Waals surface area contributed by atoms with Gasteiger partial charge >= 0.3 is 0 Å². The van der Waals surface area contributed by atoms with E-state index in [9.17, 15) is 0 Å². The molecule has 0 spiro atoms. The first-order valence-electron chi connectivity index (χ1n) is 3.53. The molecule has 0 aliphatic carbocycles. The Bertz CT molecular complexity index is 44.3. The highest BCUT2D eigenvalue weighted by Gasteiger charge is 1.82. The summed E-state index contributed by atoms with van der Waals surface area (Å²) in [5.74, 6) is 0. The molecule has 0 aliphatic rings. The van der Waals surface area contributed by atoms with Crippen LogP contribution < -0.4 is 9.44 Å². The van der Waals surface area contributed by atoms with Gasteiger partial charge in [0.1, 0.15) is 0 Å². The number of hydrogen-bond donors (Lipinski definition) is 2. The lowest BCUT2D eigenvalue weighted by molar-refractivity contribution is 0.843. The van der Waals surface area contributed by atoms with Gasteiger partial charge < -0.3 is 0 Å².